The van der Waals surface area contributed by atoms with E-state index in [1.165, 1.54) is 15.2 Å². The van der Waals surface area contributed by atoms with Crippen molar-refractivity contribution < 1.29 is 13.2 Å². The number of aromatic amines is 1. The van der Waals surface area contributed by atoms with E-state index < -0.39 is 16.1 Å². The number of nitrogens with one attached hydrogen (secondary N) is 1. The molecule has 1 aliphatic heterocycles. The molecule has 0 saturated carbocycles. The van der Waals surface area contributed by atoms with Crippen LogP contribution in [0.5, 0.6) is 0 Å². The molecule has 0 spiro atoms. The molecular formula is C13H19N5O3S. The van der Waals surface area contributed by atoms with Gasteiger partial charge in [-0.25, -0.2) is 8.42 Å². The summed E-state index contributed by atoms with van der Waals surface area (Å²) in [6, 6.07) is -0.402. The van der Waals surface area contributed by atoms with Gasteiger partial charge in [-0.05, 0) is 19.4 Å². The summed E-state index contributed by atoms with van der Waals surface area (Å²) in [7, 11) is -1.93. The molecule has 0 aliphatic carbocycles. The highest BCUT2D eigenvalue weighted by molar-refractivity contribution is 7.89. The number of rotatable bonds is 3. The molecule has 0 amide bonds. The second-order valence-corrected chi connectivity index (χ2v) is 7.28. The van der Waals surface area contributed by atoms with Gasteiger partial charge in [0.1, 0.15) is 4.90 Å². The van der Waals surface area contributed by atoms with Crippen molar-refractivity contribution in [3.8, 4) is 0 Å². The van der Waals surface area contributed by atoms with E-state index in [0.717, 1.165) is 11.3 Å². The lowest BCUT2D eigenvalue weighted by atomic mass is 10.1. The SMILES string of the molecule is Cc1cn[nH]c1C1COCCN1S(=O)(=O)c1cn(C)nc1C. The van der Waals surface area contributed by atoms with E-state index in [4.69, 9.17) is 4.74 Å². The highest BCUT2D eigenvalue weighted by Crippen LogP contribution is 2.31. The Morgan fingerprint density at radius 2 is 2.18 bits per heavy atom. The molecule has 2 aromatic heterocycles. The molecule has 1 fully saturated rings. The minimum atomic E-state index is -3.64. The molecule has 120 valence electrons. The lowest BCUT2D eigenvalue weighted by molar-refractivity contribution is 0.0303. The molecule has 3 heterocycles. The van der Waals surface area contributed by atoms with Gasteiger partial charge in [-0.2, -0.15) is 14.5 Å². The lowest BCUT2D eigenvalue weighted by Crippen LogP contribution is -2.43. The molecule has 3 rings (SSSR count). The summed E-state index contributed by atoms with van der Waals surface area (Å²) in [6.07, 6.45) is 3.22. The molecule has 1 atom stereocenters. The first-order valence-corrected chi connectivity index (χ1v) is 8.45. The van der Waals surface area contributed by atoms with Gasteiger partial charge in [-0.15, -0.1) is 0 Å². The van der Waals surface area contributed by atoms with E-state index >= 15 is 0 Å². The van der Waals surface area contributed by atoms with Crippen LogP contribution in [0.25, 0.3) is 0 Å². The number of ether oxygens (including phenoxy) is 1. The van der Waals surface area contributed by atoms with Crippen LogP contribution in [0.1, 0.15) is 23.0 Å². The molecule has 9 heteroatoms. The normalized spacial score (nSPS) is 20.4. The van der Waals surface area contributed by atoms with E-state index in [-0.39, 0.29) is 4.90 Å². The molecule has 0 radical (unpaired) electrons. The zero-order valence-electron chi connectivity index (χ0n) is 12.8. The van der Waals surface area contributed by atoms with Gasteiger partial charge < -0.3 is 4.74 Å². The predicted octanol–water partition coefficient (Wildman–Crippen LogP) is 0.522. The monoisotopic (exact) mass is 325 g/mol. The van der Waals surface area contributed by atoms with Crippen molar-refractivity contribution in [1.29, 1.82) is 0 Å². The van der Waals surface area contributed by atoms with Crippen molar-refractivity contribution in [3.63, 3.8) is 0 Å². The number of nitrogens with zero attached hydrogens (tertiary/aromatic N) is 4. The first kappa shape index (κ1) is 15.2. The second kappa shape index (κ2) is 5.49. The van der Waals surface area contributed by atoms with Crippen LogP contribution in [0.2, 0.25) is 0 Å². The molecule has 1 N–H and O–H groups in total. The topological polar surface area (TPSA) is 93.1 Å². The largest absolute Gasteiger partial charge is 0.378 e. The first-order valence-electron chi connectivity index (χ1n) is 7.01. The molecule has 22 heavy (non-hydrogen) atoms. The van der Waals surface area contributed by atoms with Crippen LogP contribution in [0.4, 0.5) is 0 Å². The van der Waals surface area contributed by atoms with E-state index in [1.807, 2.05) is 6.92 Å². The summed E-state index contributed by atoms with van der Waals surface area (Å²) in [5.74, 6) is 0. The summed E-state index contributed by atoms with van der Waals surface area (Å²) in [6.45, 7) is 4.58. The zero-order chi connectivity index (χ0) is 15.9. The molecule has 8 nitrogen and oxygen atoms in total. The Balaban J connectivity index is 2.04. The highest BCUT2D eigenvalue weighted by atomic mass is 32.2. The van der Waals surface area contributed by atoms with Crippen LogP contribution in [-0.4, -0.2) is 52.5 Å². The maximum atomic E-state index is 13.0. The van der Waals surface area contributed by atoms with Gasteiger partial charge in [0.2, 0.25) is 10.0 Å². The van der Waals surface area contributed by atoms with Crippen molar-refractivity contribution in [3.05, 3.63) is 29.3 Å². The standard InChI is InChI=1S/C13H19N5O3S/c1-9-6-14-15-13(9)11-8-21-5-4-18(11)22(19,20)12-7-17(3)16-10(12)2/h6-7,11H,4-5,8H2,1-3H3,(H,14,15). The predicted molar refractivity (Wildman–Crippen MR) is 78.7 cm³/mol. The fourth-order valence-electron chi connectivity index (χ4n) is 2.75. The number of H-pyrrole nitrogens is 1. The smallest absolute Gasteiger partial charge is 0.247 e. The lowest BCUT2D eigenvalue weighted by Gasteiger charge is -2.34. The minimum absolute atomic E-state index is 0.235. The van der Waals surface area contributed by atoms with E-state index in [0.29, 0.717) is 25.5 Å². The second-order valence-electron chi connectivity index (χ2n) is 5.43. The fraction of sp³-hybridized carbons (Fsp3) is 0.538. The van der Waals surface area contributed by atoms with Gasteiger partial charge in [0.25, 0.3) is 0 Å². The maximum Gasteiger partial charge on any atom is 0.247 e. The number of sulfonamides is 1. The van der Waals surface area contributed by atoms with Gasteiger partial charge in [-0.3, -0.25) is 9.78 Å². The van der Waals surface area contributed by atoms with Gasteiger partial charge in [0.05, 0.1) is 36.8 Å². The molecule has 2 aromatic rings. The van der Waals surface area contributed by atoms with E-state index in [1.54, 1.807) is 20.2 Å². The van der Waals surface area contributed by atoms with E-state index in [9.17, 15) is 8.42 Å². The van der Waals surface area contributed by atoms with Crippen molar-refractivity contribution in [2.75, 3.05) is 19.8 Å². The molecule has 1 aliphatic rings. The number of hydrogen-bond acceptors (Lipinski definition) is 5. The summed E-state index contributed by atoms with van der Waals surface area (Å²) in [5, 5.41) is 11.0. The third kappa shape index (κ3) is 2.44. The first-order chi connectivity index (χ1) is 10.4. The fourth-order valence-corrected chi connectivity index (χ4v) is 4.52. The van der Waals surface area contributed by atoms with Crippen LogP contribution < -0.4 is 0 Å². The molecule has 0 aromatic carbocycles. The van der Waals surface area contributed by atoms with Crippen molar-refractivity contribution in [1.82, 2.24) is 24.3 Å². The summed E-state index contributed by atoms with van der Waals surface area (Å²) >= 11 is 0. The minimum Gasteiger partial charge on any atom is -0.378 e. The van der Waals surface area contributed by atoms with Gasteiger partial charge >= 0.3 is 0 Å². The van der Waals surface area contributed by atoms with Crippen LogP contribution in [-0.2, 0) is 21.8 Å². The number of morpholine rings is 1. The summed E-state index contributed by atoms with van der Waals surface area (Å²) in [5.41, 5.74) is 2.18. The van der Waals surface area contributed by atoms with Crippen molar-refractivity contribution >= 4 is 10.0 Å². The zero-order valence-corrected chi connectivity index (χ0v) is 13.6. The Hall–Kier alpha value is -1.71. The molecule has 1 saturated heterocycles. The number of aromatic nitrogens is 4. The quantitative estimate of drug-likeness (QED) is 0.888. The van der Waals surface area contributed by atoms with Crippen LogP contribution >= 0.6 is 0 Å². The van der Waals surface area contributed by atoms with Gasteiger partial charge in [-0.1, -0.05) is 0 Å². The average Bonchev–Trinajstić information content (AvgIpc) is 3.04. The maximum absolute atomic E-state index is 13.0. The highest BCUT2D eigenvalue weighted by Gasteiger charge is 2.38. The third-order valence-corrected chi connectivity index (χ3v) is 5.85. The van der Waals surface area contributed by atoms with E-state index in [2.05, 4.69) is 15.3 Å². The molecule has 1 unspecified atom stereocenters. The van der Waals surface area contributed by atoms with Crippen molar-refractivity contribution in [2.45, 2.75) is 24.8 Å². The van der Waals surface area contributed by atoms with Gasteiger partial charge in [0, 0.05) is 19.8 Å². The summed E-state index contributed by atoms with van der Waals surface area (Å²) < 4.78 is 34.5. The Bertz CT molecular complexity index is 779. The van der Waals surface area contributed by atoms with Crippen LogP contribution in [0.15, 0.2) is 17.3 Å². The number of aryl methyl sites for hydroxylation is 3. The third-order valence-electron chi connectivity index (χ3n) is 3.84. The Labute approximate surface area is 129 Å². The van der Waals surface area contributed by atoms with Crippen LogP contribution in [0, 0.1) is 13.8 Å². The Morgan fingerprint density at radius 3 is 2.77 bits per heavy atom. The molecular weight excluding hydrogens is 306 g/mol. The van der Waals surface area contributed by atoms with Crippen molar-refractivity contribution in [2.24, 2.45) is 7.05 Å². The molecule has 0 bridgehead atoms. The number of hydrogen-bond donors (Lipinski definition) is 1. The van der Waals surface area contributed by atoms with Gasteiger partial charge in [0.15, 0.2) is 0 Å². The average molecular weight is 325 g/mol. The Morgan fingerprint density at radius 1 is 1.41 bits per heavy atom. The Kier molecular flexibility index (Phi) is 3.79. The summed E-state index contributed by atoms with van der Waals surface area (Å²) in [4.78, 5) is 0.235. The van der Waals surface area contributed by atoms with Crippen LogP contribution in [0.3, 0.4) is 0 Å².